The number of anilines is 1. The molecular weight excluding hydrogens is 312 g/mol. The van der Waals surface area contributed by atoms with Gasteiger partial charge in [0.2, 0.25) is 0 Å². The van der Waals surface area contributed by atoms with E-state index in [-0.39, 0.29) is 5.91 Å². The lowest BCUT2D eigenvalue weighted by Gasteiger charge is -2.14. The summed E-state index contributed by atoms with van der Waals surface area (Å²) < 4.78 is 10.4. The molecule has 0 aliphatic carbocycles. The Morgan fingerprint density at radius 3 is 2.57 bits per heavy atom. The van der Waals surface area contributed by atoms with Crippen molar-refractivity contribution in [3.8, 4) is 11.5 Å². The van der Waals surface area contributed by atoms with Gasteiger partial charge >= 0.3 is 0 Å². The third-order valence-electron chi connectivity index (χ3n) is 3.56. The molecule has 0 saturated carbocycles. The number of thiophene rings is 1. The Hall–Kier alpha value is -2.05. The lowest BCUT2D eigenvalue weighted by molar-refractivity contribution is -0.884. The topological polar surface area (TPSA) is 52.0 Å². The molecule has 1 heterocycles. The van der Waals surface area contributed by atoms with Gasteiger partial charge in [-0.1, -0.05) is 0 Å². The molecule has 2 aromatic rings. The van der Waals surface area contributed by atoms with Crippen molar-refractivity contribution >= 4 is 22.9 Å². The van der Waals surface area contributed by atoms with Gasteiger partial charge < -0.3 is 19.7 Å². The van der Waals surface area contributed by atoms with Crippen molar-refractivity contribution in [1.82, 2.24) is 0 Å². The molecule has 0 saturated heterocycles. The van der Waals surface area contributed by atoms with E-state index >= 15 is 0 Å². The van der Waals surface area contributed by atoms with Crippen LogP contribution in [0.2, 0.25) is 0 Å². The van der Waals surface area contributed by atoms with Gasteiger partial charge in [0.1, 0.15) is 6.54 Å². The van der Waals surface area contributed by atoms with Crippen LogP contribution in [0.4, 0.5) is 5.69 Å². The summed E-state index contributed by atoms with van der Waals surface area (Å²) in [5.41, 5.74) is 1.99. The number of amides is 1. The Labute approximate surface area is 140 Å². The highest BCUT2D eigenvalue weighted by molar-refractivity contribution is 7.10. The number of quaternary nitrogens is 1. The molecule has 1 atom stereocenters. The molecular formula is C17H23N2O3S+. The minimum Gasteiger partial charge on any atom is -0.493 e. The number of likely N-dealkylation sites (N-methyl/N-ethyl adjacent to an activating group) is 1. The van der Waals surface area contributed by atoms with Crippen LogP contribution in [0.5, 0.6) is 11.5 Å². The zero-order chi connectivity index (χ0) is 16.8. The minimum absolute atomic E-state index is 0.0241. The summed E-state index contributed by atoms with van der Waals surface area (Å²) in [4.78, 5) is 14.7. The molecule has 0 aliphatic heterocycles. The van der Waals surface area contributed by atoms with E-state index in [9.17, 15) is 4.79 Å². The molecule has 0 spiro atoms. The first kappa shape index (κ1) is 17.3. The monoisotopic (exact) mass is 335 g/mol. The number of rotatable bonds is 7. The summed E-state index contributed by atoms with van der Waals surface area (Å²) in [7, 11) is 5.18. The lowest BCUT2D eigenvalue weighted by atomic mass is 10.2. The maximum Gasteiger partial charge on any atom is 0.279 e. The third kappa shape index (κ3) is 4.71. The predicted octanol–water partition coefficient (Wildman–Crippen LogP) is 1.73. The van der Waals surface area contributed by atoms with Gasteiger partial charge in [0, 0.05) is 11.8 Å². The zero-order valence-corrected chi connectivity index (χ0v) is 14.8. The maximum absolute atomic E-state index is 12.2. The highest BCUT2D eigenvalue weighted by atomic mass is 32.1. The SMILES string of the molecule is COc1ccc(NC(=O)C[NH+](C)Cc2sccc2C)cc1OC. The number of hydrogen-bond acceptors (Lipinski definition) is 4. The van der Waals surface area contributed by atoms with Gasteiger partial charge in [0.15, 0.2) is 18.0 Å². The molecule has 1 amide bonds. The van der Waals surface area contributed by atoms with Gasteiger partial charge in [0.05, 0.1) is 26.1 Å². The van der Waals surface area contributed by atoms with E-state index in [1.54, 1.807) is 43.8 Å². The average molecular weight is 335 g/mol. The second-order valence-corrected chi connectivity index (χ2v) is 6.46. The number of benzene rings is 1. The van der Waals surface area contributed by atoms with Crippen molar-refractivity contribution < 1.29 is 19.2 Å². The Bertz CT molecular complexity index is 670. The molecule has 0 fully saturated rings. The van der Waals surface area contributed by atoms with Crippen LogP contribution in [0.15, 0.2) is 29.6 Å². The number of ether oxygens (including phenoxy) is 2. The third-order valence-corrected chi connectivity index (χ3v) is 4.58. The van der Waals surface area contributed by atoms with Crippen LogP contribution in [0.25, 0.3) is 0 Å². The van der Waals surface area contributed by atoms with Crippen LogP contribution in [0.1, 0.15) is 10.4 Å². The summed E-state index contributed by atoms with van der Waals surface area (Å²) in [6.45, 7) is 3.36. The van der Waals surface area contributed by atoms with Crippen molar-refractivity contribution in [3.63, 3.8) is 0 Å². The van der Waals surface area contributed by atoms with Crippen LogP contribution in [-0.4, -0.2) is 33.7 Å². The standard InChI is InChI=1S/C17H22N2O3S/c1-12-7-8-23-16(12)10-19(2)11-17(20)18-13-5-6-14(21-3)15(9-13)22-4/h5-9H,10-11H2,1-4H3,(H,18,20)/p+1. The van der Waals surface area contributed by atoms with Crippen LogP contribution in [0.3, 0.4) is 0 Å². The molecule has 0 bridgehead atoms. The molecule has 1 unspecified atom stereocenters. The summed E-state index contributed by atoms with van der Waals surface area (Å²) in [5, 5.41) is 4.99. The Balaban J connectivity index is 1.92. The molecule has 5 nitrogen and oxygen atoms in total. The first-order valence-corrected chi connectivity index (χ1v) is 8.27. The van der Waals surface area contributed by atoms with E-state index in [1.165, 1.54) is 10.4 Å². The number of nitrogens with one attached hydrogen (secondary N) is 2. The lowest BCUT2D eigenvalue weighted by Crippen LogP contribution is -3.08. The van der Waals surface area contributed by atoms with Gasteiger partial charge in [-0.25, -0.2) is 0 Å². The largest absolute Gasteiger partial charge is 0.493 e. The van der Waals surface area contributed by atoms with E-state index in [0.29, 0.717) is 23.7 Å². The number of carbonyl (C=O) groups is 1. The van der Waals surface area contributed by atoms with E-state index in [4.69, 9.17) is 9.47 Å². The van der Waals surface area contributed by atoms with Gasteiger partial charge in [-0.05, 0) is 36.1 Å². The van der Waals surface area contributed by atoms with E-state index < -0.39 is 0 Å². The van der Waals surface area contributed by atoms with E-state index in [0.717, 1.165) is 11.4 Å². The fraction of sp³-hybridized carbons (Fsp3) is 0.353. The first-order chi connectivity index (χ1) is 11.0. The average Bonchev–Trinajstić information content (AvgIpc) is 2.91. The van der Waals surface area contributed by atoms with Gasteiger partial charge in [-0.2, -0.15) is 0 Å². The Morgan fingerprint density at radius 2 is 1.96 bits per heavy atom. The van der Waals surface area contributed by atoms with Crippen LogP contribution >= 0.6 is 11.3 Å². The molecule has 2 rings (SSSR count). The van der Waals surface area contributed by atoms with Crippen molar-refractivity contribution in [2.45, 2.75) is 13.5 Å². The van der Waals surface area contributed by atoms with Crippen LogP contribution < -0.4 is 19.7 Å². The van der Waals surface area contributed by atoms with Crippen molar-refractivity contribution in [2.75, 3.05) is 33.1 Å². The molecule has 2 N–H and O–H groups in total. The number of methoxy groups -OCH3 is 2. The summed E-state index contributed by atoms with van der Waals surface area (Å²) in [6, 6.07) is 7.45. The number of carbonyl (C=O) groups excluding carboxylic acids is 1. The fourth-order valence-corrected chi connectivity index (χ4v) is 3.34. The molecule has 6 heteroatoms. The Kier molecular flexibility index (Phi) is 6.01. The van der Waals surface area contributed by atoms with E-state index in [1.807, 2.05) is 7.05 Å². The summed E-state index contributed by atoms with van der Waals surface area (Å²) in [5.74, 6) is 1.21. The van der Waals surface area contributed by atoms with E-state index in [2.05, 4.69) is 23.7 Å². The number of aryl methyl sites for hydroxylation is 1. The van der Waals surface area contributed by atoms with Crippen molar-refractivity contribution in [1.29, 1.82) is 0 Å². The van der Waals surface area contributed by atoms with Gasteiger partial charge in [0.25, 0.3) is 5.91 Å². The molecule has 124 valence electrons. The highest BCUT2D eigenvalue weighted by Crippen LogP contribution is 2.29. The molecule has 1 aromatic heterocycles. The quantitative estimate of drug-likeness (QED) is 0.810. The molecule has 1 aromatic carbocycles. The van der Waals surface area contributed by atoms with Crippen LogP contribution in [-0.2, 0) is 11.3 Å². The second kappa shape index (κ2) is 7.99. The molecule has 0 aliphatic rings. The minimum atomic E-state index is -0.0241. The summed E-state index contributed by atoms with van der Waals surface area (Å²) in [6.07, 6.45) is 0. The fourth-order valence-electron chi connectivity index (χ4n) is 2.32. The first-order valence-electron chi connectivity index (χ1n) is 7.39. The zero-order valence-electron chi connectivity index (χ0n) is 13.9. The number of hydrogen-bond donors (Lipinski definition) is 2. The predicted molar refractivity (Wildman–Crippen MR) is 92.7 cm³/mol. The van der Waals surface area contributed by atoms with Gasteiger partial charge in [-0.3, -0.25) is 4.79 Å². The highest BCUT2D eigenvalue weighted by Gasteiger charge is 2.13. The Morgan fingerprint density at radius 1 is 1.22 bits per heavy atom. The van der Waals surface area contributed by atoms with Crippen LogP contribution in [0, 0.1) is 6.92 Å². The second-order valence-electron chi connectivity index (χ2n) is 5.46. The van der Waals surface area contributed by atoms with Crippen molar-refractivity contribution in [3.05, 3.63) is 40.1 Å². The normalized spacial score (nSPS) is 11.8. The molecule has 0 radical (unpaired) electrons. The maximum atomic E-state index is 12.2. The smallest absolute Gasteiger partial charge is 0.279 e. The summed E-state index contributed by atoms with van der Waals surface area (Å²) >= 11 is 1.73. The van der Waals surface area contributed by atoms with Crippen molar-refractivity contribution in [2.24, 2.45) is 0 Å². The van der Waals surface area contributed by atoms with Gasteiger partial charge in [-0.15, -0.1) is 11.3 Å². The molecule has 23 heavy (non-hydrogen) atoms.